The van der Waals surface area contributed by atoms with Crippen LogP contribution in [0.25, 0.3) is 0 Å². The Morgan fingerprint density at radius 3 is 2.88 bits per heavy atom. The number of benzene rings is 1. The number of hydrogen-bond acceptors (Lipinski definition) is 4. The van der Waals surface area contributed by atoms with Crippen molar-refractivity contribution in [2.24, 2.45) is 11.8 Å². The third-order valence-corrected chi connectivity index (χ3v) is 4.41. The van der Waals surface area contributed by atoms with Crippen molar-refractivity contribution >= 4 is 24.0 Å². The molecule has 1 aromatic carbocycles. The summed E-state index contributed by atoms with van der Waals surface area (Å²) in [5, 5.41) is 6.14. The van der Waals surface area contributed by atoms with Crippen LogP contribution < -0.4 is 15.4 Å². The van der Waals surface area contributed by atoms with Crippen molar-refractivity contribution in [2.45, 2.75) is 26.2 Å². The standard InChI is InChI=1S/C18H27FN2O3.ClH/c1-13(14-4-3-7-20-12-14)10-18(22)21-15-5-6-17(16(19)11-15)24-9-8-23-2;/h5-6,11,13-14,20H,3-4,7-10,12H2,1-2H3,(H,21,22);1H. The molecule has 1 heterocycles. The maximum Gasteiger partial charge on any atom is 0.224 e. The van der Waals surface area contributed by atoms with Crippen molar-refractivity contribution in [1.82, 2.24) is 5.32 Å². The zero-order chi connectivity index (χ0) is 17.4. The molecule has 142 valence electrons. The maximum absolute atomic E-state index is 14.0. The average molecular weight is 375 g/mol. The van der Waals surface area contributed by atoms with E-state index < -0.39 is 5.82 Å². The minimum absolute atomic E-state index is 0. The fourth-order valence-corrected chi connectivity index (χ4v) is 2.97. The number of carbonyl (C=O) groups excluding carboxylic acids is 1. The number of methoxy groups -OCH3 is 1. The van der Waals surface area contributed by atoms with Gasteiger partial charge in [-0.15, -0.1) is 12.4 Å². The highest BCUT2D eigenvalue weighted by atomic mass is 35.5. The second kappa shape index (κ2) is 11.3. The minimum Gasteiger partial charge on any atom is -0.488 e. The molecule has 2 atom stereocenters. The van der Waals surface area contributed by atoms with Crippen LogP contribution in [0.1, 0.15) is 26.2 Å². The highest BCUT2D eigenvalue weighted by Crippen LogP contribution is 2.24. The Kier molecular flexibility index (Phi) is 9.78. The van der Waals surface area contributed by atoms with Gasteiger partial charge < -0.3 is 20.1 Å². The molecule has 0 saturated carbocycles. The fraction of sp³-hybridized carbons (Fsp3) is 0.611. The lowest BCUT2D eigenvalue weighted by Crippen LogP contribution is -2.34. The summed E-state index contributed by atoms with van der Waals surface area (Å²) in [7, 11) is 1.56. The highest BCUT2D eigenvalue weighted by Gasteiger charge is 2.22. The SMILES string of the molecule is COCCOc1ccc(NC(=O)CC(C)C2CCCNC2)cc1F.Cl. The van der Waals surface area contributed by atoms with E-state index in [1.54, 1.807) is 13.2 Å². The van der Waals surface area contributed by atoms with E-state index in [-0.39, 0.29) is 30.7 Å². The number of rotatable bonds is 8. The maximum atomic E-state index is 14.0. The molecule has 7 heteroatoms. The highest BCUT2D eigenvalue weighted by molar-refractivity contribution is 5.90. The molecule has 2 N–H and O–H groups in total. The van der Waals surface area contributed by atoms with E-state index in [4.69, 9.17) is 9.47 Å². The lowest BCUT2D eigenvalue weighted by Gasteiger charge is -2.28. The Bertz CT molecular complexity index is 539. The van der Waals surface area contributed by atoms with Crippen LogP contribution in [-0.4, -0.2) is 39.3 Å². The van der Waals surface area contributed by atoms with Crippen LogP contribution in [0.2, 0.25) is 0 Å². The van der Waals surface area contributed by atoms with Gasteiger partial charge in [0.25, 0.3) is 0 Å². The Hall–Kier alpha value is -1.37. The van der Waals surface area contributed by atoms with E-state index in [0.29, 0.717) is 30.6 Å². The van der Waals surface area contributed by atoms with Crippen LogP contribution in [-0.2, 0) is 9.53 Å². The largest absolute Gasteiger partial charge is 0.488 e. The molecule has 1 amide bonds. The molecule has 0 spiro atoms. The molecular weight excluding hydrogens is 347 g/mol. The molecule has 0 radical (unpaired) electrons. The minimum atomic E-state index is -0.492. The summed E-state index contributed by atoms with van der Waals surface area (Å²) in [5.74, 6) is 0.415. The molecule has 1 fully saturated rings. The van der Waals surface area contributed by atoms with Crippen LogP contribution in [0.5, 0.6) is 5.75 Å². The van der Waals surface area contributed by atoms with Crippen molar-refractivity contribution in [1.29, 1.82) is 0 Å². The lowest BCUT2D eigenvalue weighted by atomic mass is 9.85. The van der Waals surface area contributed by atoms with Gasteiger partial charge in [-0.05, 0) is 49.9 Å². The first-order valence-electron chi connectivity index (χ1n) is 8.52. The molecule has 25 heavy (non-hydrogen) atoms. The summed E-state index contributed by atoms with van der Waals surface area (Å²) < 4.78 is 24.1. The number of halogens is 2. The summed E-state index contributed by atoms with van der Waals surface area (Å²) >= 11 is 0. The lowest BCUT2D eigenvalue weighted by molar-refractivity contribution is -0.117. The number of hydrogen-bond donors (Lipinski definition) is 2. The Morgan fingerprint density at radius 2 is 2.24 bits per heavy atom. The third kappa shape index (κ3) is 7.18. The Morgan fingerprint density at radius 1 is 1.44 bits per heavy atom. The second-order valence-electron chi connectivity index (χ2n) is 6.32. The first-order chi connectivity index (χ1) is 11.6. The molecule has 0 bridgehead atoms. The molecule has 1 saturated heterocycles. The van der Waals surface area contributed by atoms with E-state index in [1.165, 1.54) is 12.1 Å². The normalized spacial score (nSPS) is 18.1. The molecule has 1 aliphatic rings. The molecule has 1 aliphatic heterocycles. The summed E-state index contributed by atoms with van der Waals surface area (Å²) in [6, 6.07) is 4.46. The van der Waals surface area contributed by atoms with Gasteiger partial charge >= 0.3 is 0 Å². The number of nitrogens with one attached hydrogen (secondary N) is 2. The van der Waals surface area contributed by atoms with Crippen LogP contribution in [0, 0.1) is 17.7 Å². The smallest absolute Gasteiger partial charge is 0.224 e. The van der Waals surface area contributed by atoms with E-state index in [2.05, 4.69) is 17.6 Å². The van der Waals surface area contributed by atoms with E-state index in [0.717, 1.165) is 25.9 Å². The van der Waals surface area contributed by atoms with Crippen molar-refractivity contribution in [3.05, 3.63) is 24.0 Å². The number of amides is 1. The van der Waals surface area contributed by atoms with Gasteiger partial charge in [-0.25, -0.2) is 4.39 Å². The summed E-state index contributed by atoms with van der Waals surface area (Å²) in [6.07, 6.45) is 2.76. The van der Waals surface area contributed by atoms with Crippen LogP contribution in [0.3, 0.4) is 0 Å². The van der Waals surface area contributed by atoms with Gasteiger partial charge in [-0.3, -0.25) is 4.79 Å². The zero-order valence-corrected chi connectivity index (χ0v) is 15.7. The quantitative estimate of drug-likeness (QED) is 0.686. The van der Waals surface area contributed by atoms with Crippen LogP contribution >= 0.6 is 12.4 Å². The molecule has 2 unspecified atom stereocenters. The summed E-state index contributed by atoms with van der Waals surface area (Å²) in [5.41, 5.74) is 0.450. The van der Waals surface area contributed by atoms with Crippen LogP contribution in [0.15, 0.2) is 18.2 Å². The predicted octanol–water partition coefficient (Wildman–Crippen LogP) is 3.24. The third-order valence-electron chi connectivity index (χ3n) is 4.41. The van der Waals surface area contributed by atoms with Crippen molar-refractivity contribution < 1.29 is 18.7 Å². The van der Waals surface area contributed by atoms with E-state index >= 15 is 0 Å². The number of carbonyl (C=O) groups is 1. The van der Waals surface area contributed by atoms with Crippen LogP contribution in [0.4, 0.5) is 10.1 Å². The van der Waals surface area contributed by atoms with Gasteiger partial charge in [0.2, 0.25) is 5.91 Å². The summed E-state index contributed by atoms with van der Waals surface area (Å²) in [6.45, 7) is 4.81. The number of ether oxygens (including phenoxy) is 2. The first kappa shape index (κ1) is 21.7. The molecular formula is C18H28ClFN2O3. The molecule has 0 aromatic heterocycles. The van der Waals surface area contributed by atoms with E-state index in [1.807, 2.05) is 0 Å². The molecule has 1 aromatic rings. The van der Waals surface area contributed by atoms with Gasteiger partial charge in [0.15, 0.2) is 11.6 Å². The van der Waals surface area contributed by atoms with Crippen molar-refractivity contribution in [3.8, 4) is 5.75 Å². The molecule has 0 aliphatic carbocycles. The van der Waals surface area contributed by atoms with Gasteiger partial charge in [-0.2, -0.15) is 0 Å². The molecule has 5 nitrogen and oxygen atoms in total. The van der Waals surface area contributed by atoms with Crippen molar-refractivity contribution in [2.75, 3.05) is 38.7 Å². The Labute approximate surface area is 155 Å². The second-order valence-corrected chi connectivity index (χ2v) is 6.32. The van der Waals surface area contributed by atoms with Gasteiger partial charge in [-0.1, -0.05) is 6.92 Å². The average Bonchev–Trinajstić information content (AvgIpc) is 2.57. The zero-order valence-electron chi connectivity index (χ0n) is 14.8. The summed E-state index contributed by atoms with van der Waals surface area (Å²) in [4.78, 5) is 12.2. The topological polar surface area (TPSA) is 59.6 Å². The number of anilines is 1. The molecule has 2 rings (SSSR count). The Balaban J connectivity index is 0.00000312. The fourth-order valence-electron chi connectivity index (χ4n) is 2.97. The first-order valence-corrected chi connectivity index (χ1v) is 8.52. The number of piperidine rings is 1. The van der Waals surface area contributed by atoms with Crippen molar-refractivity contribution in [3.63, 3.8) is 0 Å². The van der Waals surface area contributed by atoms with Gasteiger partial charge in [0, 0.05) is 25.3 Å². The van der Waals surface area contributed by atoms with Gasteiger partial charge in [0.05, 0.1) is 6.61 Å². The predicted molar refractivity (Wildman–Crippen MR) is 99.0 cm³/mol. The van der Waals surface area contributed by atoms with E-state index in [9.17, 15) is 9.18 Å². The van der Waals surface area contributed by atoms with Gasteiger partial charge in [0.1, 0.15) is 6.61 Å². The monoisotopic (exact) mass is 374 g/mol.